The average Bonchev–Trinajstić information content (AvgIpc) is 3.45. The summed E-state index contributed by atoms with van der Waals surface area (Å²) in [6.45, 7) is 2.83. The number of likely N-dealkylation sites (tertiary alicyclic amines) is 1. The molecule has 2 aliphatic rings. The zero-order valence-electron chi connectivity index (χ0n) is 15.1. The molecule has 146 valence electrons. The molecule has 1 aromatic carbocycles. The van der Waals surface area contributed by atoms with Crippen molar-refractivity contribution in [2.24, 2.45) is 11.8 Å². The van der Waals surface area contributed by atoms with Gasteiger partial charge in [-0.1, -0.05) is 6.07 Å². The van der Waals surface area contributed by atoms with Gasteiger partial charge in [0, 0.05) is 25.2 Å². The summed E-state index contributed by atoms with van der Waals surface area (Å²) in [7, 11) is -1.63. The maximum atomic E-state index is 12.8. The highest BCUT2D eigenvalue weighted by molar-refractivity contribution is 7.89. The Balaban J connectivity index is 0.00000243. The van der Waals surface area contributed by atoms with Crippen LogP contribution in [0.3, 0.4) is 0 Å². The molecular weight excluding hydrogens is 374 g/mol. The van der Waals surface area contributed by atoms with Gasteiger partial charge in [-0.3, -0.25) is 4.79 Å². The Morgan fingerprint density at radius 2 is 1.96 bits per heavy atom. The van der Waals surface area contributed by atoms with E-state index < -0.39 is 10.0 Å². The molecule has 0 aromatic heterocycles. The summed E-state index contributed by atoms with van der Waals surface area (Å²) in [4.78, 5) is 14.8. The van der Waals surface area contributed by atoms with Crippen molar-refractivity contribution in [2.75, 3.05) is 33.2 Å². The third-order valence-corrected chi connectivity index (χ3v) is 6.37. The average molecular weight is 402 g/mol. The molecule has 0 bridgehead atoms. The highest BCUT2D eigenvalue weighted by Gasteiger charge is 2.26. The lowest BCUT2D eigenvalue weighted by Gasteiger charge is -2.32. The Morgan fingerprint density at radius 1 is 1.19 bits per heavy atom. The molecule has 6 nitrogen and oxygen atoms in total. The standard InChI is InChI=1S/C18H27N3O3S.ClH/c1-19-11-15-4-3-9-21(13-15)18(22)16-5-2-6-17(10-16)25(23,24)20-12-14-7-8-14;/h2,5-6,10,14-15,19-20H,3-4,7-9,11-13H2,1H3;1H. The fraction of sp³-hybridized carbons (Fsp3) is 0.611. The molecule has 1 heterocycles. The molecule has 26 heavy (non-hydrogen) atoms. The Morgan fingerprint density at radius 3 is 2.65 bits per heavy atom. The van der Waals surface area contributed by atoms with Gasteiger partial charge in [0.1, 0.15) is 0 Å². The molecule has 2 fully saturated rings. The van der Waals surface area contributed by atoms with Gasteiger partial charge in [-0.2, -0.15) is 0 Å². The van der Waals surface area contributed by atoms with Crippen LogP contribution in [0.25, 0.3) is 0 Å². The minimum atomic E-state index is -3.55. The Labute approximate surface area is 162 Å². The van der Waals surface area contributed by atoms with Crippen molar-refractivity contribution < 1.29 is 13.2 Å². The van der Waals surface area contributed by atoms with E-state index in [-0.39, 0.29) is 23.2 Å². The van der Waals surface area contributed by atoms with E-state index in [0.717, 1.165) is 45.3 Å². The number of benzene rings is 1. The van der Waals surface area contributed by atoms with E-state index in [9.17, 15) is 13.2 Å². The maximum Gasteiger partial charge on any atom is 0.253 e. The summed E-state index contributed by atoms with van der Waals surface area (Å²) < 4.78 is 27.5. The zero-order valence-corrected chi connectivity index (χ0v) is 16.7. The van der Waals surface area contributed by atoms with Crippen LogP contribution in [-0.2, 0) is 10.0 Å². The van der Waals surface area contributed by atoms with Gasteiger partial charge >= 0.3 is 0 Å². The van der Waals surface area contributed by atoms with Gasteiger partial charge in [0.2, 0.25) is 10.0 Å². The Hall–Kier alpha value is -1.15. The van der Waals surface area contributed by atoms with Crippen LogP contribution >= 0.6 is 12.4 Å². The Bertz CT molecular complexity index is 720. The lowest BCUT2D eigenvalue weighted by Crippen LogP contribution is -2.42. The SMILES string of the molecule is CNCC1CCCN(C(=O)c2cccc(S(=O)(=O)NCC3CC3)c2)C1.Cl. The maximum absolute atomic E-state index is 12.8. The van der Waals surface area contributed by atoms with E-state index in [0.29, 0.717) is 23.9 Å². The third kappa shape index (κ3) is 5.42. The molecule has 1 saturated carbocycles. The van der Waals surface area contributed by atoms with Crippen LogP contribution in [-0.4, -0.2) is 52.5 Å². The number of halogens is 1. The van der Waals surface area contributed by atoms with Crippen molar-refractivity contribution in [2.45, 2.75) is 30.6 Å². The number of hydrogen-bond donors (Lipinski definition) is 2. The van der Waals surface area contributed by atoms with Gasteiger partial charge in [-0.05, 0) is 69.3 Å². The molecular formula is C18H28ClN3O3S. The smallest absolute Gasteiger partial charge is 0.253 e. The molecule has 1 aromatic rings. The first-order chi connectivity index (χ1) is 12.0. The summed E-state index contributed by atoms with van der Waals surface area (Å²) in [5, 5.41) is 3.17. The fourth-order valence-corrected chi connectivity index (χ4v) is 4.48. The van der Waals surface area contributed by atoms with Gasteiger partial charge in [0.05, 0.1) is 4.90 Å². The van der Waals surface area contributed by atoms with E-state index in [1.165, 1.54) is 6.07 Å². The van der Waals surface area contributed by atoms with Gasteiger partial charge < -0.3 is 10.2 Å². The number of sulfonamides is 1. The zero-order chi connectivity index (χ0) is 17.9. The predicted octanol–water partition coefficient (Wildman–Crippen LogP) is 1.87. The number of amides is 1. The minimum absolute atomic E-state index is 0. The number of hydrogen-bond acceptors (Lipinski definition) is 4. The van der Waals surface area contributed by atoms with Crippen molar-refractivity contribution >= 4 is 28.3 Å². The number of nitrogens with zero attached hydrogens (tertiary/aromatic N) is 1. The molecule has 8 heteroatoms. The van der Waals surface area contributed by atoms with Crippen molar-refractivity contribution in [1.82, 2.24) is 14.9 Å². The summed E-state index contributed by atoms with van der Waals surface area (Å²) in [5.74, 6) is 0.840. The number of piperidine rings is 1. The van der Waals surface area contributed by atoms with E-state index >= 15 is 0 Å². The quantitative estimate of drug-likeness (QED) is 0.731. The van der Waals surface area contributed by atoms with Crippen LogP contribution in [0.15, 0.2) is 29.2 Å². The first kappa shape index (κ1) is 21.2. The van der Waals surface area contributed by atoms with Crippen LogP contribution in [0, 0.1) is 11.8 Å². The first-order valence-electron chi connectivity index (χ1n) is 9.03. The van der Waals surface area contributed by atoms with E-state index in [2.05, 4.69) is 10.0 Å². The molecule has 0 radical (unpaired) electrons. The molecule has 3 rings (SSSR count). The van der Waals surface area contributed by atoms with Gasteiger partial charge in [0.25, 0.3) is 5.91 Å². The van der Waals surface area contributed by atoms with Crippen molar-refractivity contribution in [3.8, 4) is 0 Å². The number of carbonyl (C=O) groups is 1. The molecule has 1 saturated heterocycles. The van der Waals surface area contributed by atoms with Crippen LogP contribution in [0.5, 0.6) is 0 Å². The van der Waals surface area contributed by atoms with E-state index in [1.54, 1.807) is 18.2 Å². The first-order valence-corrected chi connectivity index (χ1v) is 10.5. The summed E-state index contributed by atoms with van der Waals surface area (Å²) in [6, 6.07) is 6.39. The monoisotopic (exact) mass is 401 g/mol. The summed E-state index contributed by atoms with van der Waals surface area (Å²) >= 11 is 0. The largest absolute Gasteiger partial charge is 0.338 e. The molecule has 1 unspecified atom stereocenters. The molecule has 1 atom stereocenters. The fourth-order valence-electron chi connectivity index (χ4n) is 3.32. The lowest BCUT2D eigenvalue weighted by molar-refractivity contribution is 0.0674. The number of rotatable bonds is 7. The summed E-state index contributed by atoms with van der Waals surface area (Å²) in [5.41, 5.74) is 0.444. The Kier molecular flexibility index (Phi) is 7.46. The topological polar surface area (TPSA) is 78.5 Å². The predicted molar refractivity (Wildman–Crippen MR) is 104 cm³/mol. The number of carbonyl (C=O) groups excluding carboxylic acids is 1. The normalized spacial score (nSPS) is 20.5. The minimum Gasteiger partial charge on any atom is -0.338 e. The van der Waals surface area contributed by atoms with Crippen LogP contribution < -0.4 is 10.0 Å². The second-order valence-electron chi connectivity index (χ2n) is 7.14. The van der Waals surface area contributed by atoms with Gasteiger partial charge in [-0.25, -0.2) is 13.1 Å². The molecule has 1 aliphatic carbocycles. The van der Waals surface area contributed by atoms with E-state index in [1.807, 2.05) is 11.9 Å². The van der Waals surface area contributed by atoms with Crippen LogP contribution in [0.2, 0.25) is 0 Å². The lowest BCUT2D eigenvalue weighted by atomic mass is 9.97. The van der Waals surface area contributed by atoms with Crippen molar-refractivity contribution in [3.63, 3.8) is 0 Å². The summed E-state index contributed by atoms with van der Waals surface area (Å²) in [6.07, 6.45) is 4.27. The van der Waals surface area contributed by atoms with E-state index in [4.69, 9.17) is 0 Å². The van der Waals surface area contributed by atoms with Crippen molar-refractivity contribution in [1.29, 1.82) is 0 Å². The van der Waals surface area contributed by atoms with Crippen molar-refractivity contribution in [3.05, 3.63) is 29.8 Å². The highest BCUT2D eigenvalue weighted by Crippen LogP contribution is 2.28. The van der Waals surface area contributed by atoms with Crippen LogP contribution in [0.4, 0.5) is 0 Å². The second-order valence-corrected chi connectivity index (χ2v) is 8.91. The second kappa shape index (κ2) is 9.17. The van der Waals surface area contributed by atoms with Gasteiger partial charge in [0.15, 0.2) is 0 Å². The third-order valence-electron chi connectivity index (χ3n) is 4.95. The molecule has 1 aliphatic heterocycles. The molecule has 1 amide bonds. The molecule has 0 spiro atoms. The van der Waals surface area contributed by atoms with Gasteiger partial charge in [-0.15, -0.1) is 12.4 Å². The number of nitrogens with one attached hydrogen (secondary N) is 2. The van der Waals surface area contributed by atoms with Crippen LogP contribution in [0.1, 0.15) is 36.0 Å². The highest BCUT2D eigenvalue weighted by atomic mass is 35.5. The molecule has 2 N–H and O–H groups in total.